The highest BCUT2D eigenvalue weighted by atomic mass is 32.2. The molecule has 0 saturated carbocycles. The molecule has 3 rings (SSSR count). The van der Waals surface area contributed by atoms with E-state index in [0.717, 1.165) is 0 Å². The number of hydrogen-bond acceptors (Lipinski definition) is 5. The van der Waals surface area contributed by atoms with E-state index in [1.54, 1.807) is 48.5 Å². The van der Waals surface area contributed by atoms with E-state index in [1.165, 1.54) is 31.4 Å². The van der Waals surface area contributed by atoms with Gasteiger partial charge in [-0.1, -0.05) is 6.07 Å². The first-order valence-corrected chi connectivity index (χ1v) is 9.00. The van der Waals surface area contributed by atoms with Gasteiger partial charge in [0.1, 0.15) is 17.2 Å². The predicted molar refractivity (Wildman–Crippen MR) is 95.8 cm³/mol. The molecular formula is C19H17NO4S. The molecule has 0 saturated heterocycles. The molecule has 0 heterocycles. The average Bonchev–Trinajstić information content (AvgIpc) is 2.62. The van der Waals surface area contributed by atoms with Crippen molar-refractivity contribution >= 4 is 15.5 Å². The Bertz CT molecular complexity index is 965. The first-order chi connectivity index (χ1) is 12.0. The van der Waals surface area contributed by atoms with Gasteiger partial charge < -0.3 is 15.2 Å². The zero-order valence-corrected chi connectivity index (χ0v) is 14.4. The van der Waals surface area contributed by atoms with Crippen molar-refractivity contribution in [3.8, 4) is 17.2 Å². The van der Waals surface area contributed by atoms with Crippen molar-refractivity contribution in [1.82, 2.24) is 0 Å². The van der Waals surface area contributed by atoms with E-state index in [4.69, 9.17) is 15.2 Å². The number of rotatable bonds is 5. The summed E-state index contributed by atoms with van der Waals surface area (Å²) in [6.07, 6.45) is 0. The summed E-state index contributed by atoms with van der Waals surface area (Å²) in [5, 5.41) is 0. The lowest BCUT2D eigenvalue weighted by atomic mass is 10.3. The Labute approximate surface area is 146 Å². The molecule has 0 radical (unpaired) electrons. The second kappa shape index (κ2) is 6.86. The molecule has 0 atom stereocenters. The van der Waals surface area contributed by atoms with Gasteiger partial charge in [-0.3, -0.25) is 0 Å². The van der Waals surface area contributed by atoms with Crippen LogP contribution in [0.25, 0.3) is 0 Å². The van der Waals surface area contributed by atoms with Gasteiger partial charge in [0.2, 0.25) is 9.84 Å². The zero-order valence-electron chi connectivity index (χ0n) is 13.5. The Hall–Kier alpha value is -2.99. The molecule has 0 unspecified atom stereocenters. The third kappa shape index (κ3) is 3.75. The molecule has 0 aliphatic heterocycles. The van der Waals surface area contributed by atoms with E-state index in [2.05, 4.69) is 0 Å². The standard InChI is InChI=1S/C19H17NO4S/c1-23-15-5-9-18(10-6-15)25(21,22)19-11-7-16(8-12-19)24-17-4-2-3-14(20)13-17/h2-13H,20H2,1H3. The van der Waals surface area contributed by atoms with E-state index in [-0.39, 0.29) is 9.79 Å². The summed E-state index contributed by atoms with van der Waals surface area (Å²) in [7, 11) is -2.06. The first kappa shape index (κ1) is 16.9. The van der Waals surface area contributed by atoms with E-state index in [9.17, 15) is 8.42 Å². The number of benzene rings is 3. The van der Waals surface area contributed by atoms with E-state index >= 15 is 0 Å². The van der Waals surface area contributed by atoms with Crippen molar-refractivity contribution in [2.75, 3.05) is 12.8 Å². The fourth-order valence-corrected chi connectivity index (χ4v) is 3.55. The second-order valence-electron chi connectivity index (χ2n) is 5.32. The third-order valence-electron chi connectivity index (χ3n) is 3.60. The van der Waals surface area contributed by atoms with E-state index in [0.29, 0.717) is 22.9 Å². The van der Waals surface area contributed by atoms with Gasteiger partial charge in [0.15, 0.2) is 0 Å². The first-order valence-electron chi connectivity index (χ1n) is 7.51. The van der Waals surface area contributed by atoms with Gasteiger partial charge in [-0.05, 0) is 60.7 Å². The molecule has 0 bridgehead atoms. The van der Waals surface area contributed by atoms with Gasteiger partial charge >= 0.3 is 0 Å². The fourth-order valence-electron chi connectivity index (χ4n) is 2.29. The van der Waals surface area contributed by atoms with Gasteiger partial charge in [0.05, 0.1) is 16.9 Å². The minimum Gasteiger partial charge on any atom is -0.497 e. The number of anilines is 1. The molecule has 0 spiro atoms. The highest BCUT2D eigenvalue weighted by Crippen LogP contribution is 2.27. The van der Waals surface area contributed by atoms with Crippen molar-refractivity contribution in [1.29, 1.82) is 0 Å². The van der Waals surface area contributed by atoms with Crippen LogP contribution in [0, 0.1) is 0 Å². The number of hydrogen-bond donors (Lipinski definition) is 1. The topological polar surface area (TPSA) is 78.6 Å². The van der Waals surface area contributed by atoms with Crippen molar-refractivity contribution in [3.05, 3.63) is 72.8 Å². The average molecular weight is 355 g/mol. The summed E-state index contributed by atoms with van der Waals surface area (Å²) in [6.45, 7) is 0. The van der Waals surface area contributed by atoms with Crippen LogP contribution in [-0.4, -0.2) is 15.5 Å². The molecule has 0 fully saturated rings. The maximum absolute atomic E-state index is 12.6. The van der Waals surface area contributed by atoms with E-state index < -0.39 is 9.84 Å². The highest BCUT2D eigenvalue weighted by Gasteiger charge is 2.17. The van der Waals surface area contributed by atoms with Crippen molar-refractivity contribution < 1.29 is 17.9 Å². The normalized spacial score (nSPS) is 11.1. The quantitative estimate of drug-likeness (QED) is 0.702. The SMILES string of the molecule is COc1ccc(S(=O)(=O)c2ccc(Oc3cccc(N)c3)cc2)cc1. The zero-order chi connectivity index (χ0) is 17.9. The summed E-state index contributed by atoms with van der Waals surface area (Å²) in [5.74, 6) is 1.72. The van der Waals surface area contributed by atoms with Crippen molar-refractivity contribution in [3.63, 3.8) is 0 Å². The van der Waals surface area contributed by atoms with Crippen LogP contribution in [0.3, 0.4) is 0 Å². The molecule has 3 aromatic carbocycles. The lowest BCUT2D eigenvalue weighted by molar-refractivity contribution is 0.414. The molecule has 0 aliphatic carbocycles. The maximum Gasteiger partial charge on any atom is 0.206 e. The largest absolute Gasteiger partial charge is 0.497 e. The van der Waals surface area contributed by atoms with Gasteiger partial charge in [-0.15, -0.1) is 0 Å². The Morgan fingerprint density at radius 2 is 1.32 bits per heavy atom. The lowest BCUT2D eigenvalue weighted by Crippen LogP contribution is -2.01. The molecule has 6 heteroatoms. The predicted octanol–water partition coefficient (Wildman–Crippen LogP) is 3.90. The van der Waals surface area contributed by atoms with Crippen LogP contribution in [0.1, 0.15) is 0 Å². The van der Waals surface area contributed by atoms with Gasteiger partial charge in [-0.2, -0.15) is 0 Å². The molecule has 128 valence electrons. The van der Waals surface area contributed by atoms with Crippen molar-refractivity contribution in [2.24, 2.45) is 0 Å². The van der Waals surface area contributed by atoms with Crippen LogP contribution < -0.4 is 15.2 Å². The second-order valence-corrected chi connectivity index (χ2v) is 7.27. The van der Waals surface area contributed by atoms with Crippen LogP contribution in [0.4, 0.5) is 5.69 Å². The summed E-state index contributed by atoms with van der Waals surface area (Å²) >= 11 is 0. The Morgan fingerprint density at radius 1 is 0.760 bits per heavy atom. The fraction of sp³-hybridized carbons (Fsp3) is 0.0526. The molecule has 0 aromatic heterocycles. The van der Waals surface area contributed by atoms with Gasteiger partial charge in [-0.25, -0.2) is 8.42 Å². The van der Waals surface area contributed by atoms with E-state index in [1.807, 2.05) is 0 Å². The monoisotopic (exact) mass is 355 g/mol. The lowest BCUT2D eigenvalue weighted by Gasteiger charge is -2.09. The molecule has 0 amide bonds. The number of nitrogens with two attached hydrogens (primary N) is 1. The molecular weight excluding hydrogens is 338 g/mol. The summed E-state index contributed by atoms with van der Waals surface area (Å²) < 4.78 is 36.0. The summed E-state index contributed by atoms with van der Waals surface area (Å²) in [5.41, 5.74) is 6.30. The Balaban J connectivity index is 1.83. The molecule has 0 aliphatic rings. The third-order valence-corrected chi connectivity index (χ3v) is 5.38. The van der Waals surface area contributed by atoms with Gasteiger partial charge in [0, 0.05) is 11.8 Å². The van der Waals surface area contributed by atoms with Crippen LogP contribution in [-0.2, 0) is 9.84 Å². The maximum atomic E-state index is 12.6. The van der Waals surface area contributed by atoms with Crippen LogP contribution in [0.5, 0.6) is 17.2 Å². The number of methoxy groups -OCH3 is 1. The Kier molecular flexibility index (Phi) is 4.63. The van der Waals surface area contributed by atoms with Gasteiger partial charge in [0.25, 0.3) is 0 Å². The molecule has 3 aromatic rings. The summed E-state index contributed by atoms with van der Waals surface area (Å²) in [6, 6.07) is 19.5. The van der Waals surface area contributed by atoms with Crippen LogP contribution >= 0.6 is 0 Å². The van der Waals surface area contributed by atoms with Crippen molar-refractivity contribution in [2.45, 2.75) is 9.79 Å². The minimum atomic E-state index is -3.59. The van der Waals surface area contributed by atoms with Crippen LogP contribution in [0.2, 0.25) is 0 Å². The number of nitrogen functional groups attached to an aromatic ring is 1. The molecule has 25 heavy (non-hydrogen) atoms. The number of sulfone groups is 1. The minimum absolute atomic E-state index is 0.192. The smallest absolute Gasteiger partial charge is 0.206 e. The molecule has 2 N–H and O–H groups in total. The number of ether oxygens (including phenoxy) is 2. The summed E-state index contributed by atoms with van der Waals surface area (Å²) in [4.78, 5) is 0.399. The molecule has 5 nitrogen and oxygen atoms in total. The Morgan fingerprint density at radius 3 is 1.84 bits per heavy atom. The highest BCUT2D eigenvalue weighted by molar-refractivity contribution is 7.91. The van der Waals surface area contributed by atoms with Crippen LogP contribution in [0.15, 0.2) is 82.6 Å².